The number of carbonyl (C=O) groups is 2. The van der Waals surface area contributed by atoms with Crippen molar-refractivity contribution in [1.82, 2.24) is 9.80 Å². The fraction of sp³-hybridized carbons (Fsp3) is 0.619. The molecule has 0 spiro atoms. The first-order valence-corrected chi connectivity index (χ1v) is 9.88. The van der Waals surface area contributed by atoms with Gasteiger partial charge in [-0.1, -0.05) is 6.07 Å². The number of fused-ring (bicyclic) bond motifs is 2. The van der Waals surface area contributed by atoms with Crippen molar-refractivity contribution in [3.05, 3.63) is 34.9 Å². The largest absolute Gasteiger partial charge is 0.366 e. The highest BCUT2D eigenvalue weighted by Gasteiger charge is 2.40. The summed E-state index contributed by atoms with van der Waals surface area (Å²) in [6.45, 7) is 5.64. The summed E-state index contributed by atoms with van der Waals surface area (Å²) in [7, 11) is 0. The van der Waals surface area contributed by atoms with Gasteiger partial charge in [0.2, 0.25) is 5.91 Å². The number of morpholine rings is 1. The van der Waals surface area contributed by atoms with Gasteiger partial charge in [0.25, 0.3) is 5.91 Å². The van der Waals surface area contributed by atoms with E-state index in [0.717, 1.165) is 31.2 Å². The van der Waals surface area contributed by atoms with Gasteiger partial charge in [-0.05, 0) is 69.2 Å². The number of nitrogens with zero attached hydrogens (tertiary/aromatic N) is 2. The van der Waals surface area contributed by atoms with Gasteiger partial charge in [-0.2, -0.15) is 0 Å². The van der Waals surface area contributed by atoms with Crippen LogP contribution in [0.3, 0.4) is 0 Å². The van der Waals surface area contributed by atoms with Crippen LogP contribution >= 0.6 is 0 Å². The molecule has 0 aromatic heterocycles. The van der Waals surface area contributed by atoms with Gasteiger partial charge < -0.3 is 14.5 Å². The van der Waals surface area contributed by atoms with Gasteiger partial charge in [-0.3, -0.25) is 9.59 Å². The molecule has 140 valence electrons. The number of hydrogen-bond acceptors (Lipinski definition) is 3. The van der Waals surface area contributed by atoms with E-state index in [1.807, 2.05) is 15.9 Å². The molecule has 1 aromatic rings. The van der Waals surface area contributed by atoms with Crippen molar-refractivity contribution in [3.8, 4) is 0 Å². The number of likely N-dealkylation sites (tertiary alicyclic amines) is 1. The number of hydrogen-bond donors (Lipinski definition) is 0. The molecule has 2 heterocycles. The van der Waals surface area contributed by atoms with Crippen LogP contribution in [0.4, 0.5) is 0 Å². The summed E-state index contributed by atoms with van der Waals surface area (Å²) in [4.78, 5) is 29.2. The van der Waals surface area contributed by atoms with E-state index >= 15 is 0 Å². The van der Waals surface area contributed by atoms with Gasteiger partial charge in [0.05, 0.1) is 12.1 Å². The number of rotatable bonds is 2. The quantitative estimate of drug-likeness (QED) is 0.818. The highest BCUT2D eigenvalue weighted by molar-refractivity contribution is 5.94. The van der Waals surface area contributed by atoms with Crippen LogP contribution in [0.1, 0.15) is 54.6 Å². The van der Waals surface area contributed by atoms with E-state index in [9.17, 15) is 9.59 Å². The van der Waals surface area contributed by atoms with Gasteiger partial charge in [-0.15, -0.1) is 0 Å². The molecule has 2 saturated heterocycles. The molecule has 0 radical (unpaired) electrons. The summed E-state index contributed by atoms with van der Waals surface area (Å²) in [5, 5.41) is 0. The molecule has 2 aliphatic heterocycles. The summed E-state index contributed by atoms with van der Waals surface area (Å²) >= 11 is 0. The van der Waals surface area contributed by atoms with E-state index in [1.54, 1.807) is 0 Å². The van der Waals surface area contributed by atoms with Gasteiger partial charge >= 0.3 is 0 Å². The predicted molar refractivity (Wildman–Crippen MR) is 99.1 cm³/mol. The maximum Gasteiger partial charge on any atom is 0.253 e. The summed E-state index contributed by atoms with van der Waals surface area (Å²) in [5.74, 6) is 0.181. The third-order valence-electron chi connectivity index (χ3n) is 6.06. The molecule has 0 bridgehead atoms. The molecule has 2 fully saturated rings. The second kappa shape index (κ2) is 7.03. The molecule has 2 atom stereocenters. The van der Waals surface area contributed by atoms with E-state index < -0.39 is 0 Å². The van der Waals surface area contributed by atoms with E-state index in [-0.39, 0.29) is 36.6 Å². The van der Waals surface area contributed by atoms with Crippen molar-refractivity contribution >= 4 is 11.8 Å². The van der Waals surface area contributed by atoms with Gasteiger partial charge in [0.15, 0.2) is 0 Å². The molecule has 4 rings (SSSR count). The molecule has 26 heavy (non-hydrogen) atoms. The van der Waals surface area contributed by atoms with Crippen LogP contribution in [0.2, 0.25) is 0 Å². The SMILES string of the molecule is CC(C)N1C(=O)CO[C@H]2CCN(C(=O)c3ccc4c(c3)CCC4)CC[C@@H]21. The Balaban J connectivity index is 1.50. The lowest BCUT2D eigenvalue weighted by molar-refractivity contribution is -0.160. The standard InChI is InChI=1S/C21H28N2O3/c1-14(2)23-18-8-10-22(11-9-19(18)26-13-20(23)24)21(25)17-7-6-15-4-3-5-16(15)12-17/h6-7,12,14,18-19H,3-5,8-11,13H2,1-2H3/t18-,19-/m0/s1. The fourth-order valence-electron chi connectivity index (χ4n) is 4.77. The molecule has 2 amide bonds. The lowest BCUT2D eigenvalue weighted by Crippen LogP contribution is -2.56. The Kier molecular flexibility index (Phi) is 4.74. The Morgan fingerprint density at radius 2 is 1.92 bits per heavy atom. The second-order valence-corrected chi connectivity index (χ2v) is 8.02. The van der Waals surface area contributed by atoms with Crippen molar-refractivity contribution < 1.29 is 14.3 Å². The van der Waals surface area contributed by atoms with E-state index in [2.05, 4.69) is 26.0 Å². The molecular weight excluding hydrogens is 328 g/mol. The van der Waals surface area contributed by atoms with Crippen LogP contribution in [0.15, 0.2) is 18.2 Å². The van der Waals surface area contributed by atoms with Crippen molar-refractivity contribution in [2.45, 2.75) is 64.1 Å². The summed E-state index contributed by atoms with van der Waals surface area (Å²) in [6.07, 6.45) is 5.01. The highest BCUT2D eigenvalue weighted by atomic mass is 16.5. The van der Waals surface area contributed by atoms with Crippen molar-refractivity contribution in [3.63, 3.8) is 0 Å². The number of aryl methyl sites for hydroxylation is 2. The van der Waals surface area contributed by atoms with E-state index in [0.29, 0.717) is 13.1 Å². The number of ether oxygens (including phenoxy) is 1. The number of carbonyl (C=O) groups excluding carboxylic acids is 2. The van der Waals surface area contributed by atoms with Crippen LogP contribution < -0.4 is 0 Å². The van der Waals surface area contributed by atoms with Crippen LogP contribution in [0, 0.1) is 0 Å². The van der Waals surface area contributed by atoms with Gasteiger partial charge in [0, 0.05) is 24.7 Å². The summed E-state index contributed by atoms with van der Waals surface area (Å²) < 4.78 is 5.82. The lowest BCUT2D eigenvalue weighted by atomic mass is 10.0. The molecule has 3 aliphatic rings. The molecular formula is C21H28N2O3. The molecule has 5 heteroatoms. The molecule has 5 nitrogen and oxygen atoms in total. The first-order valence-electron chi connectivity index (χ1n) is 9.88. The smallest absolute Gasteiger partial charge is 0.253 e. The van der Waals surface area contributed by atoms with Crippen molar-refractivity contribution in [2.24, 2.45) is 0 Å². The molecule has 0 unspecified atom stereocenters. The second-order valence-electron chi connectivity index (χ2n) is 8.02. The Hall–Kier alpha value is -1.88. The van der Waals surface area contributed by atoms with Crippen LogP contribution in [0.25, 0.3) is 0 Å². The Morgan fingerprint density at radius 3 is 2.73 bits per heavy atom. The Morgan fingerprint density at radius 1 is 1.15 bits per heavy atom. The minimum Gasteiger partial charge on any atom is -0.366 e. The molecule has 1 aromatic carbocycles. The van der Waals surface area contributed by atoms with Gasteiger partial charge in [0.1, 0.15) is 6.61 Å². The Bertz CT molecular complexity index is 715. The summed E-state index contributed by atoms with van der Waals surface area (Å²) in [6, 6.07) is 6.43. The zero-order valence-electron chi connectivity index (χ0n) is 15.7. The zero-order valence-corrected chi connectivity index (χ0v) is 15.7. The highest BCUT2D eigenvalue weighted by Crippen LogP contribution is 2.28. The normalized spacial score (nSPS) is 25.9. The summed E-state index contributed by atoms with van der Waals surface area (Å²) in [5.41, 5.74) is 3.52. The minimum atomic E-state index is 0.0351. The van der Waals surface area contributed by atoms with Gasteiger partial charge in [-0.25, -0.2) is 0 Å². The third-order valence-corrected chi connectivity index (χ3v) is 6.06. The topological polar surface area (TPSA) is 49.9 Å². The van der Waals surface area contributed by atoms with E-state index in [4.69, 9.17) is 4.74 Å². The predicted octanol–water partition coefficient (Wildman–Crippen LogP) is 2.42. The average molecular weight is 356 g/mol. The van der Waals surface area contributed by atoms with Crippen LogP contribution in [0.5, 0.6) is 0 Å². The first-order chi connectivity index (χ1) is 12.5. The minimum absolute atomic E-state index is 0.0351. The fourth-order valence-corrected chi connectivity index (χ4v) is 4.77. The molecule has 0 saturated carbocycles. The number of amides is 2. The molecule has 1 aliphatic carbocycles. The molecule has 0 N–H and O–H groups in total. The Labute approximate surface area is 155 Å². The maximum absolute atomic E-state index is 13.0. The lowest BCUT2D eigenvalue weighted by Gasteiger charge is -2.42. The zero-order chi connectivity index (χ0) is 18.3. The van der Waals surface area contributed by atoms with Crippen molar-refractivity contribution in [2.75, 3.05) is 19.7 Å². The van der Waals surface area contributed by atoms with E-state index in [1.165, 1.54) is 17.5 Å². The van der Waals surface area contributed by atoms with Crippen LogP contribution in [-0.4, -0.2) is 59.5 Å². The van der Waals surface area contributed by atoms with Crippen LogP contribution in [-0.2, 0) is 22.4 Å². The third kappa shape index (κ3) is 3.13. The average Bonchev–Trinajstić information content (AvgIpc) is 2.99. The first kappa shape index (κ1) is 17.5. The number of benzene rings is 1. The maximum atomic E-state index is 13.0. The monoisotopic (exact) mass is 356 g/mol. The van der Waals surface area contributed by atoms with Crippen molar-refractivity contribution in [1.29, 1.82) is 0 Å².